The molecule has 0 fully saturated rings. The number of esters is 1. The summed E-state index contributed by atoms with van der Waals surface area (Å²) in [7, 11) is 3.43. The summed E-state index contributed by atoms with van der Waals surface area (Å²) in [4.78, 5) is 14.1. The Kier molecular flexibility index (Phi) is 6.18. The number of ether oxygens (including phenoxy) is 2. The first kappa shape index (κ1) is 14.2. The summed E-state index contributed by atoms with van der Waals surface area (Å²) in [5.74, 6) is -0.266. The van der Waals surface area contributed by atoms with Crippen LogP contribution in [0.15, 0.2) is 11.4 Å². The Balaban J connectivity index is 2.40. The maximum absolute atomic E-state index is 11.3. The van der Waals surface area contributed by atoms with E-state index in [0.717, 1.165) is 31.9 Å². The van der Waals surface area contributed by atoms with Crippen molar-refractivity contribution >= 4 is 17.3 Å². The molecule has 0 bridgehead atoms. The van der Waals surface area contributed by atoms with Crippen molar-refractivity contribution in [2.45, 2.75) is 13.5 Å². The minimum Gasteiger partial charge on any atom is -0.465 e. The summed E-state index contributed by atoms with van der Waals surface area (Å²) in [5.41, 5.74) is 1.13. The summed E-state index contributed by atoms with van der Waals surface area (Å²) in [5, 5.41) is 1.99. The lowest BCUT2D eigenvalue weighted by molar-refractivity contribution is 0.0606. The molecule has 96 valence electrons. The number of carbonyl (C=O) groups excluding carboxylic acids is 1. The van der Waals surface area contributed by atoms with Crippen LogP contribution in [0.25, 0.3) is 0 Å². The Hall–Kier alpha value is -0.910. The molecule has 1 heterocycles. The van der Waals surface area contributed by atoms with Gasteiger partial charge in [-0.2, -0.15) is 0 Å². The minimum absolute atomic E-state index is 0.266. The van der Waals surface area contributed by atoms with Crippen LogP contribution in [0.4, 0.5) is 0 Å². The number of rotatable bonds is 7. The second-order valence-electron chi connectivity index (χ2n) is 3.75. The zero-order valence-electron chi connectivity index (χ0n) is 10.6. The first-order valence-corrected chi connectivity index (χ1v) is 6.47. The highest BCUT2D eigenvalue weighted by atomic mass is 32.1. The van der Waals surface area contributed by atoms with Gasteiger partial charge in [0.15, 0.2) is 0 Å². The van der Waals surface area contributed by atoms with E-state index in [1.807, 2.05) is 25.4 Å². The fraction of sp³-hybridized carbons (Fsp3) is 0.583. The molecule has 0 aliphatic rings. The molecule has 0 radical (unpaired) electrons. The summed E-state index contributed by atoms with van der Waals surface area (Å²) >= 11 is 1.42. The van der Waals surface area contributed by atoms with E-state index in [4.69, 9.17) is 4.74 Å². The van der Waals surface area contributed by atoms with E-state index in [9.17, 15) is 4.79 Å². The van der Waals surface area contributed by atoms with Gasteiger partial charge >= 0.3 is 5.97 Å². The molecule has 1 aromatic rings. The van der Waals surface area contributed by atoms with Crippen LogP contribution < -0.4 is 0 Å². The van der Waals surface area contributed by atoms with E-state index in [1.165, 1.54) is 18.4 Å². The number of hydrogen-bond acceptors (Lipinski definition) is 5. The monoisotopic (exact) mass is 257 g/mol. The molecule has 0 aliphatic carbocycles. The second kappa shape index (κ2) is 7.42. The van der Waals surface area contributed by atoms with E-state index in [0.29, 0.717) is 4.88 Å². The zero-order valence-corrected chi connectivity index (χ0v) is 11.4. The molecule has 5 heteroatoms. The zero-order chi connectivity index (χ0) is 12.7. The van der Waals surface area contributed by atoms with Gasteiger partial charge in [-0.05, 0) is 31.0 Å². The second-order valence-corrected chi connectivity index (χ2v) is 4.66. The lowest BCUT2D eigenvalue weighted by atomic mass is 10.3. The average Bonchev–Trinajstić information content (AvgIpc) is 2.77. The molecule has 0 amide bonds. The molecule has 1 rings (SSSR count). The summed E-state index contributed by atoms with van der Waals surface area (Å²) in [6, 6.07) is 1.88. The molecule has 0 atom stereocenters. The van der Waals surface area contributed by atoms with Gasteiger partial charge in [-0.3, -0.25) is 4.90 Å². The van der Waals surface area contributed by atoms with E-state index in [2.05, 4.69) is 9.64 Å². The third kappa shape index (κ3) is 4.85. The molecule has 4 nitrogen and oxygen atoms in total. The van der Waals surface area contributed by atoms with Crippen LogP contribution >= 0.6 is 11.3 Å². The van der Waals surface area contributed by atoms with Gasteiger partial charge in [0.05, 0.1) is 13.7 Å². The largest absolute Gasteiger partial charge is 0.465 e. The van der Waals surface area contributed by atoms with Gasteiger partial charge in [0.25, 0.3) is 0 Å². The van der Waals surface area contributed by atoms with Crippen molar-refractivity contribution in [1.82, 2.24) is 4.90 Å². The standard InChI is InChI=1S/C12H19NO3S/c1-4-16-6-5-13(2)8-10-7-11(17-9-10)12(14)15-3/h7,9H,4-6,8H2,1-3H3. The SMILES string of the molecule is CCOCCN(C)Cc1csc(C(=O)OC)c1. The first-order valence-electron chi connectivity index (χ1n) is 5.59. The molecule has 1 aromatic heterocycles. The molecular formula is C12H19NO3S. The highest BCUT2D eigenvalue weighted by Crippen LogP contribution is 2.16. The molecule has 0 saturated heterocycles. The molecule has 0 unspecified atom stereocenters. The Morgan fingerprint density at radius 2 is 2.29 bits per heavy atom. The third-order valence-corrected chi connectivity index (χ3v) is 3.27. The van der Waals surface area contributed by atoms with Gasteiger partial charge in [0, 0.05) is 19.7 Å². The van der Waals surface area contributed by atoms with Crippen molar-refractivity contribution in [3.8, 4) is 0 Å². The quantitative estimate of drug-likeness (QED) is 0.553. The molecule has 0 saturated carbocycles. The fourth-order valence-corrected chi connectivity index (χ4v) is 2.24. The number of thiophene rings is 1. The lowest BCUT2D eigenvalue weighted by Gasteiger charge is -2.15. The summed E-state index contributed by atoms with van der Waals surface area (Å²) in [6.07, 6.45) is 0. The van der Waals surface area contributed by atoms with Crippen molar-refractivity contribution in [2.24, 2.45) is 0 Å². The molecular weight excluding hydrogens is 238 g/mol. The van der Waals surface area contributed by atoms with Crippen molar-refractivity contribution in [3.63, 3.8) is 0 Å². The van der Waals surface area contributed by atoms with Crippen LogP contribution in [0.1, 0.15) is 22.2 Å². The first-order chi connectivity index (χ1) is 8.17. The van der Waals surface area contributed by atoms with Crippen LogP contribution in [0.3, 0.4) is 0 Å². The predicted molar refractivity (Wildman–Crippen MR) is 68.5 cm³/mol. The Labute approximate surface area is 106 Å². The molecule has 0 aliphatic heterocycles. The van der Waals surface area contributed by atoms with Gasteiger partial charge < -0.3 is 9.47 Å². The average molecular weight is 257 g/mol. The Morgan fingerprint density at radius 1 is 1.53 bits per heavy atom. The van der Waals surface area contributed by atoms with Crippen LogP contribution in [0, 0.1) is 0 Å². The number of nitrogens with zero attached hydrogens (tertiary/aromatic N) is 1. The minimum atomic E-state index is -0.266. The topological polar surface area (TPSA) is 38.8 Å². The van der Waals surface area contributed by atoms with Gasteiger partial charge in [-0.15, -0.1) is 11.3 Å². The van der Waals surface area contributed by atoms with Crippen molar-refractivity contribution in [2.75, 3.05) is 33.9 Å². The van der Waals surface area contributed by atoms with Crippen molar-refractivity contribution < 1.29 is 14.3 Å². The van der Waals surface area contributed by atoms with E-state index in [1.54, 1.807) is 0 Å². The van der Waals surface area contributed by atoms with E-state index >= 15 is 0 Å². The molecule has 17 heavy (non-hydrogen) atoms. The highest BCUT2D eigenvalue weighted by molar-refractivity contribution is 7.12. The maximum Gasteiger partial charge on any atom is 0.348 e. The Bertz CT molecular complexity index is 351. The summed E-state index contributed by atoms with van der Waals surface area (Å²) in [6.45, 7) is 5.18. The van der Waals surface area contributed by atoms with Gasteiger partial charge in [-0.25, -0.2) is 4.79 Å². The van der Waals surface area contributed by atoms with Gasteiger partial charge in [-0.1, -0.05) is 0 Å². The Morgan fingerprint density at radius 3 is 2.94 bits per heavy atom. The van der Waals surface area contributed by atoms with E-state index in [-0.39, 0.29) is 5.97 Å². The fourth-order valence-electron chi connectivity index (χ4n) is 1.42. The van der Waals surface area contributed by atoms with E-state index < -0.39 is 0 Å². The van der Waals surface area contributed by atoms with Gasteiger partial charge in [0.2, 0.25) is 0 Å². The van der Waals surface area contributed by atoms with Crippen LogP contribution in [0.5, 0.6) is 0 Å². The van der Waals surface area contributed by atoms with Crippen LogP contribution in [-0.4, -0.2) is 44.8 Å². The normalized spacial score (nSPS) is 10.8. The molecule has 0 aromatic carbocycles. The van der Waals surface area contributed by atoms with Crippen LogP contribution in [-0.2, 0) is 16.0 Å². The number of carbonyl (C=O) groups is 1. The van der Waals surface area contributed by atoms with Crippen molar-refractivity contribution in [3.05, 3.63) is 21.9 Å². The number of hydrogen-bond donors (Lipinski definition) is 0. The lowest BCUT2D eigenvalue weighted by Crippen LogP contribution is -2.22. The third-order valence-electron chi connectivity index (χ3n) is 2.31. The molecule has 0 N–H and O–H groups in total. The maximum atomic E-state index is 11.3. The summed E-state index contributed by atoms with van der Waals surface area (Å²) < 4.78 is 9.96. The van der Waals surface area contributed by atoms with Gasteiger partial charge in [0.1, 0.15) is 4.88 Å². The smallest absolute Gasteiger partial charge is 0.348 e. The van der Waals surface area contributed by atoms with Crippen LogP contribution in [0.2, 0.25) is 0 Å². The highest BCUT2D eigenvalue weighted by Gasteiger charge is 2.09. The predicted octanol–water partition coefficient (Wildman–Crippen LogP) is 2.00. The number of likely N-dealkylation sites (N-methyl/N-ethyl adjacent to an activating group) is 1. The van der Waals surface area contributed by atoms with Crippen molar-refractivity contribution in [1.29, 1.82) is 0 Å². The molecule has 0 spiro atoms. The number of methoxy groups -OCH3 is 1.